The molecule has 1 fully saturated rings. The number of urea groups is 1. The van der Waals surface area contributed by atoms with Gasteiger partial charge in [0.15, 0.2) is 0 Å². The van der Waals surface area contributed by atoms with E-state index in [-0.39, 0.29) is 24.5 Å². The minimum atomic E-state index is -0.601. The molecule has 1 aliphatic rings. The molecule has 0 aliphatic carbocycles. The Kier molecular flexibility index (Phi) is 4.22. The largest absolute Gasteiger partial charge is 0.343 e. The smallest absolute Gasteiger partial charge is 0.315 e. The molecule has 3 amide bonds. The summed E-state index contributed by atoms with van der Waals surface area (Å²) in [5.41, 5.74) is 2.72. The van der Waals surface area contributed by atoms with Crippen LogP contribution >= 0.6 is 11.6 Å². The topological polar surface area (TPSA) is 87.5 Å². The molecule has 0 radical (unpaired) electrons. The van der Waals surface area contributed by atoms with Crippen LogP contribution in [0.3, 0.4) is 0 Å². The summed E-state index contributed by atoms with van der Waals surface area (Å²) in [4.78, 5) is 23.9. The second kappa shape index (κ2) is 6.68. The van der Waals surface area contributed by atoms with Crippen LogP contribution in [0.15, 0.2) is 54.9 Å². The Bertz CT molecular complexity index is 969. The molecule has 7 nitrogen and oxygen atoms in total. The number of amides is 3. The highest BCUT2D eigenvalue weighted by atomic mass is 35.5. The van der Waals surface area contributed by atoms with Crippen molar-refractivity contribution in [3.8, 4) is 0 Å². The molecular formula is C18H16ClN5O2. The number of pyridine rings is 1. The van der Waals surface area contributed by atoms with E-state index in [0.29, 0.717) is 5.02 Å². The molecule has 4 rings (SSSR count). The molecule has 0 spiro atoms. The second-order valence-electron chi connectivity index (χ2n) is 6.06. The first-order valence-electron chi connectivity index (χ1n) is 8.14. The minimum Gasteiger partial charge on any atom is -0.343 e. The molecule has 0 saturated carbocycles. The summed E-state index contributed by atoms with van der Waals surface area (Å²) in [7, 11) is 0. The number of nitrogens with one attached hydrogen (secondary N) is 3. The molecule has 132 valence electrons. The SMILES string of the molecule is O=C1NC[C@@H](C(=O)N[C@H](c2ccc(Cl)cc2)c2ccn3nccc3c2)N1. The standard InChI is InChI=1S/C18H16ClN5O2/c19-13-3-1-11(2-4-13)16(23-17(25)15-10-20-18(26)22-15)12-6-8-24-14(9-12)5-7-21-24/h1-9,15-16H,10H2,(H,23,25)(H2,20,22,26)/t15-,16+/m0/s1. The van der Waals surface area contributed by atoms with Crippen LogP contribution in [0.25, 0.3) is 5.52 Å². The van der Waals surface area contributed by atoms with Gasteiger partial charge in [0, 0.05) is 24.0 Å². The van der Waals surface area contributed by atoms with E-state index in [0.717, 1.165) is 16.6 Å². The van der Waals surface area contributed by atoms with Gasteiger partial charge in [0.2, 0.25) is 5.91 Å². The van der Waals surface area contributed by atoms with E-state index in [9.17, 15) is 9.59 Å². The van der Waals surface area contributed by atoms with Crippen molar-refractivity contribution in [2.24, 2.45) is 0 Å². The lowest BCUT2D eigenvalue weighted by Gasteiger charge is -2.22. The average molecular weight is 370 g/mol. The number of carbonyl (C=O) groups excluding carboxylic acids is 2. The fourth-order valence-corrected chi connectivity index (χ4v) is 3.11. The van der Waals surface area contributed by atoms with Crippen molar-refractivity contribution in [1.82, 2.24) is 25.6 Å². The van der Waals surface area contributed by atoms with Crippen molar-refractivity contribution in [3.05, 3.63) is 71.0 Å². The average Bonchev–Trinajstić information content (AvgIpc) is 3.28. The summed E-state index contributed by atoms with van der Waals surface area (Å²) >= 11 is 6.00. The third kappa shape index (κ3) is 3.21. The lowest BCUT2D eigenvalue weighted by atomic mass is 9.98. The van der Waals surface area contributed by atoms with Gasteiger partial charge < -0.3 is 16.0 Å². The third-order valence-electron chi connectivity index (χ3n) is 4.34. The Morgan fingerprint density at radius 1 is 1.23 bits per heavy atom. The Labute approximate surface area is 154 Å². The molecule has 2 atom stereocenters. The quantitative estimate of drug-likeness (QED) is 0.656. The van der Waals surface area contributed by atoms with Gasteiger partial charge in [-0.15, -0.1) is 0 Å². The monoisotopic (exact) mass is 369 g/mol. The summed E-state index contributed by atoms with van der Waals surface area (Å²) < 4.78 is 1.76. The molecule has 1 saturated heterocycles. The highest BCUT2D eigenvalue weighted by Crippen LogP contribution is 2.25. The van der Waals surface area contributed by atoms with Crippen molar-refractivity contribution < 1.29 is 9.59 Å². The summed E-state index contributed by atoms with van der Waals surface area (Å²) in [5, 5.41) is 13.0. The summed E-state index contributed by atoms with van der Waals surface area (Å²) in [5.74, 6) is -0.253. The molecule has 1 aromatic carbocycles. The van der Waals surface area contributed by atoms with Crippen LogP contribution < -0.4 is 16.0 Å². The molecule has 2 aromatic heterocycles. The zero-order chi connectivity index (χ0) is 18.1. The van der Waals surface area contributed by atoms with E-state index in [1.807, 2.05) is 36.5 Å². The first-order valence-corrected chi connectivity index (χ1v) is 8.51. The van der Waals surface area contributed by atoms with Crippen molar-refractivity contribution in [1.29, 1.82) is 0 Å². The van der Waals surface area contributed by atoms with Crippen molar-refractivity contribution in [3.63, 3.8) is 0 Å². The van der Waals surface area contributed by atoms with Crippen LogP contribution in [0.5, 0.6) is 0 Å². The Morgan fingerprint density at radius 3 is 2.77 bits per heavy atom. The number of rotatable bonds is 4. The van der Waals surface area contributed by atoms with Crippen molar-refractivity contribution in [2.45, 2.75) is 12.1 Å². The number of hydrogen-bond donors (Lipinski definition) is 3. The van der Waals surface area contributed by atoms with Gasteiger partial charge in [0.25, 0.3) is 0 Å². The van der Waals surface area contributed by atoms with Gasteiger partial charge in [-0.25, -0.2) is 9.31 Å². The lowest BCUT2D eigenvalue weighted by Crippen LogP contribution is -2.44. The molecule has 3 N–H and O–H groups in total. The van der Waals surface area contributed by atoms with Crippen LogP contribution in [-0.2, 0) is 4.79 Å². The molecular weight excluding hydrogens is 354 g/mol. The number of carbonyl (C=O) groups is 2. The molecule has 0 bridgehead atoms. The zero-order valence-corrected chi connectivity index (χ0v) is 14.4. The van der Waals surface area contributed by atoms with Gasteiger partial charge in [0.1, 0.15) is 6.04 Å². The van der Waals surface area contributed by atoms with Gasteiger partial charge >= 0.3 is 6.03 Å². The summed E-state index contributed by atoms with van der Waals surface area (Å²) in [6.07, 6.45) is 3.56. The van der Waals surface area contributed by atoms with E-state index < -0.39 is 6.04 Å². The lowest BCUT2D eigenvalue weighted by molar-refractivity contribution is -0.122. The summed E-state index contributed by atoms with van der Waals surface area (Å²) in [6.45, 7) is 0.264. The number of fused-ring (bicyclic) bond motifs is 1. The Balaban J connectivity index is 1.67. The van der Waals surface area contributed by atoms with E-state index in [1.165, 1.54) is 0 Å². The zero-order valence-electron chi connectivity index (χ0n) is 13.6. The maximum absolute atomic E-state index is 12.6. The minimum absolute atomic E-state index is 0.253. The van der Waals surface area contributed by atoms with Crippen molar-refractivity contribution in [2.75, 3.05) is 6.54 Å². The first kappa shape index (κ1) is 16.4. The highest BCUT2D eigenvalue weighted by molar-refractivity contribution is 6.30. The van der Waals surface area contributed by atoms with Gasteiger partial charge in [0.05, 0.1) is 11.6 Å². The predicted molar refractivity (Wildman–Crippen MR) is 97.0 cm³/mol. The fraction of sp³-hybridized carbons (Fsp3) is 0.167. The van der Waals surface area contributed by atoms with E-state index in [2.05, 4.69) is 21.0 Å². The van der Waals surface area contributed by atoms with Gasteiger partial charge in [-0.2, -0.15) is 5.10 Å². The van der Waals surface area contributed by atoms with Crippen LogP contribution in [0.4, 0.5) is 4.79 Å². The van der Waals surface area contributed by atoms with Crippen molar-refractivity contribution >= 4 is 29.1 Å². The highest BCUT2D eigenvalue weighted by Gasteiger charge is 2.29. The number of aromatic nitrogens is 2. The number of hydrogen-bond acceptors (Lipinski definition) is 3. The van der Waals surface area contributed by atoms with Gasteiger partial charge in [-0.05, 0) is 41.5 Å². The molecule has 3 aromatic rings. The van der Waals surface area contributed by atoms with Crippen LogP contribution in [0.1, 0.15) is 17.2 Å². The Hall–Kier alpha value is -3.06. The van der Waals surface area contributed by atoms with Gasteiger partial charge in [-0.3, -0.25) is 4.79 Å². The normalized spacial score (nSPS) is 17.6. The molecule has 8 heteroatoms. The summed E-state index contributed by atoms with van der Waals surface area (Å²) in [6, 6.07) is 11.8. The third-order valence-corrected chi connectivity index (χ3v) is 4.59. The molecule has 0 unspecified atom stereocenters. The van der Waals surface area contributed by atoms with Crippen LogP contribution in [-0.4, -0.2) is 34.1 Å². The first-order chi connectivity index (χ1) is 12.6. The maximum atomic E-state index is 12.6. The molecule has 1 aliphatic heterocycles. The van der Waals surface area contributed by atoms with E-state index in [1.54, 1.807) is 22.8 Å². The van der Waals surface area contributed by atoms with Crippen LogP contribution in [0.2, 0.25) is 5.02 Å². The molecule has 3 heterocycles. The number of nitrogens with zero attached hydrogens (tertiary/aromatic N) is 2. The van der Waals surface area contributed by atoms with Gasteiger partial charge in [-0.1, -0.05) is 23.7 Å². The second-order valence-corrected chi connectivity index (χ2v) is 6.50. The number of halogens is 1. The Morgan fingerprint density at radius 2 is 2.04 bits per heavy atom. The predicted octanol–water partition coefficient (Wildman–Crippen LogP) is 1.87. The van der Waals surface area contributed by atoms with Crippen LogP contribution in [0, 0.1) is 0 Å². The molecule has 26 heavy (non-hydrogen) atoms. The maximum Gasteiger partial charge on any atom is 0.315 e. The number of benzene rings is 1. The van der Waals surface area contributed by atoms with E-state index >= 15 is 0 Å². The van der Waals surface area contributed by atoms with E-state index in [4.69, 9.17) is 11.6 Å². The fourth-order valence-electron chi connectivity index (χ4n) is 2.99.